The Morgan fingerprint density at radius 1 is 1.08 bits per heavy atom. The molecule has 10 nitrogen and oxygen atoms in total. The van der Waals surface area contributed by atoms with E-state index in [1.54, 1.807) is 17.7 Å². The van der Waals surface area contributed by atoms with Crippen LogP contribution in [0.3, 0.4) is 0 Å². The number of rotatable bonds is 9. The molecular weight excluding hydrogens is 462 g/mol. The van der Waals surface area contributed by atoms with Crippen molar-refractivity contribution in [2.45, 2.75) is 57.0 Å². The Bertz CT molecular complexity index is 1170. The van der Waals surface area contributed by atoms with Crippen LogP contribution in [0.25, 0.3) is 10.9 Å². The Kier molecular flexibility index (Phi) is 8.02. The lowest BCUT2D eigenvalue weighted by Crippen LogP contribution is -2.52. The summed E-state index contributed by atoms with van der Waals surface area (Å²) in [6, 6.07) is 8.08. The van der Waals surface area contributed by atoms with Crippen LogP contribution in [0, 0.1) is 5.92 Å². The third-order valence-electron chi connectivity index (χ3n) is 7.09. The Balaban J connectivity index is 1.38. The number of ketones is 1. The van der Waals surface area contributed by atoms with Gasteiger partial charge in [-0.15, -0.1) is 0 Å². The van der Waals surface area contributed by atoms with E-state index in [9.17, 15) is 24.0 Å². The highest BCUT2D eigenvalue weighted by atomic mass is 16.2. The number of Topliss-reactive ketones (excluding diaryl/α,β-unsaturated/α-hetero) is 1. The fraction of sp³-hybridized carbons (Fsp3) is 0.500. The molecule has 2 aromatic rings. The zero-order chi connectivity index (χ0) is 25.7. The molecule has 2 atom stereocenters. The Morgan fingerprint density at radius 2 is 1.83 bits per heavy atom. The molecule has 0 bridgehead atoms. The molecule has 4 amide bonds. The fourth-order valence-electron chi connectivity index (χ4n) is 5.05. The number of hydrogen-bond acceptors (Lipinski definition) is 5. The number of aromatic nitrogens is 1. The largest absolute Gasteiger partial charge is 0.356 e. The van der Waals surface area contributed by atoms with Gasteiger partial charge in [-0.1, -0.05) is 37.5 Å². The van der Waals surface area contributed by atoms with Gasteiger partial charge in [0.2, 0.25) is 17.6 Å². The van der Waals surface area contributed by atoms with Gasteiger partial charge in [0.15, 0.2) is 0 Å². The van der Waals surface area contributed by atoms with Crippen molar-refractivity contribution in [1.82, 2.24) is 25.8 Å². The Hall–Kier alpha value is -3.69. The third-order valence-corrected chi connectivity index (χ3v) is 7.09. The second-order valence-corrected chi connectivity index (χ2v) is 9.64. The highest BCUT2D eigenvalue weighted by molar-refractivity contribution is 6.38. The van der Waals surface area contributed by atoms with Crippen LogP contribution in [0.2, 0.25) is 0 Å². The first-order chi connectivity index (χ1) is 17.3. The van der Waals surface area contributed by atoms with Crippen LogP contribution in [0.4, 0.5) is 0 Å². The number of fused-ring (bicyclic) bond motifs is 1. The van der Waals surface area contributed by atoms with Crippen LogP contribution < -0.4 is 21.3 Å². The van der Waals surface area contributed by atoms with E-state index in [0.717, 1.165) is 43.0 Å². The summed E-state index contributed by atoms with van der Waals surface area (Å²) in [5, 5.41) is 11.6. The Morgan fingerprint density at radius 3 is 2.53 bits per heavy atom. The van der Waals surface area contributed by atoms with Gasteiger partial charge < -0.3 is 25.8 Å². The molecule has 4 rings (SSSR count). The number of carbonyl (C=O) groups is 5. The van der Waals surface area contributed by atoms with Gasteiger partial charge in [0.05, 0.1) is 12.6 Å². The van der Waals surface area contributed by atoms with Crippen LogP contribution in [0.15, 0.2) is 30.3 Å². The molecule has 4 N–H and O–H groups in total. The summed E-state index contributed by atoms with van der Waals surface area (Å²) in [7, 11) is 1.77. The van der Waals surface area contributed by atoms with Gasteiger partial charge in [0.1, 0.15) is 5.69 Å². The van der Waals surface area contributed by atoms with E-state index in [2.05, 4.69) is 21.3 Å². The van der Waals surface area contributed by atoms with Crippen molar-refractivity contribution >= 4 is 40.3 Å². The zero-order valence-electron chi connectivity index (χ0n) is 20.5. The van der Waals surface area contributed by atoms with Crippen molar-refractivity contribution in [1.29, 1.82) is 0 Å². The number of benzene rings is 1. The molecule has 1 aliphatic carbocycles. The van der Waals surface area contributed by atoms with Crippen molar-refractivity contribution in [3.63, 3.8) is 0 Å². The first-order valence-corrected chi connectivity index (χ1v) is 12.6. The molecule has 0 radical (unpaired) electrons. The van der Waals surface area contributed by atoms with E-state index in [-0.39, 0.29) is 24.9 Å². The summed E-state index contributed by atoms with van der Waals surface area (Å²) >= 11 is 0. The molecule has 1 saturated carbocycles. The fourth-order valence-corrected chi connectivity index (χ4v) is 5.05. The molecule has 2 heterocycles. The van der Waals surface area contributed by atoms with E-state index in [1.165, 1.54) is 0 Å². The predicted octanol–water partition coefficient (Wildman–Crippen LogP) is 0.937. The summed E-state index contributed by atoms with van der Waals surface area (Å²) in [5.41, 5.74) is 1.28. The molecule has 2 unspecified atom stereocenters. The van der Waals surface area contributed by atoms with E-state index in [1.807, 2.05) is 24.3 Å². The molecule has 0 spiro atoms. The molecule has 10 heteroatoms. The van der Waals surface area contributed by atoms with Gasteiger partial charge >= 0.3 is 0 Å². The minimum absolute atomic E-state index is 0.0334. The lowest BCUT2D eigenvalue weighted by atomic mass is 9.93. The monoisotopic (exact) mass is 495 g/mol. The van der Waals surface area contributed by atoms with Gasteiger partial charge in [-0.25, -0.2) is 0 Å². The molecule has 36 heavy (non-hydrogen) atoms. The molecule has 2 aliphatic rings. The topological polar surface area (TPSA) is 138 Å². The number of carbonyl (C=O) groups excluding carboxylic acids is 5. The summed E-state index contributed by atoms with van der Waals surface area (Å²) in [6.07, 6.45) is 5.31. The molecule has 192 valence electrons. The minimum atomic E-state index is -1.15. The third kappa shape index (κ3) is 5.92. The van der Waals surface area contributed by atoms with Crippen LogP contribution in [0.5, 0.6) is 0 Å². The standard InChI is InChI=1S/C26H33N5O5/c1-31-20-10-6-5-7-16(20)14-21(31)25(35)28-15-22(32)30-19(13-17-11-12-27-24(17)34)23(33)26(36)29-18-8-3-2-4-9-18/h5-7,10,14,17-19H,2-4,8-9,11-13,15H2,1H3,(H,27,34)(H,28,35)(H,29,36)(H,30,32). The van der Waals surface area contributed by atoms with Gasteiger partial charge in [0, 0.05) is 36.5 Å². The second kappa shape index (κ2) is 11.4. The van der Waals surface area contributed by atoms with E-state index in [0.29, 0.717) is 18.7 Å². The second-order valence-electron chi connectivity index (χ2n) is 9.64. The van der Waals surface area contributed by atoms with Crippen molar-refractivity contribution in [3.8, 4) is 0 Å². The average Bonchev–Trinajstić information content (AvgIpc) is 3.44. The number of hydrogen-bond donors (Lipinski definition) is 4. The number of para-hydroxylation sites is 1. The highest BCUT2D eigenvalue weighted by Gasteiger charge is 2.34. The van der Waals surface area contributed by atoms with Crippen molar-refractivity contribution in [3.05, 3.63) is 36.0 Å². The lowest BCUT2D eigenvalue weighted by Gasteiger charge is -2.24. The summed E-state index contributed by atoms with van der Waals surface area (Å²) in [5.74, 6) is -3.22. The maximum Gasteiger partial charge on any atom is 0.289 e. The quantitative estimate of drug-likeness (QED) is 0.384. The molecule has 1 aromatic heterocycles. The number of amides is 4. The van der Waals surface area contributed by atoms with Gasteiger partial charge in [-0.2, -0.15) is 0 Å². The van der Waals surface area contributed by atoms with Crippen molar-refractivity contribution in [2.24, 2.45) is 13.0 Å². The van der Waals surface area contributed by atoms with Gasteiger partial charge in [-0.05, 0) is 37.8 Å². The normalized spacial score (nSPS) is 18.9. The zero-order valence-corrected chi connectivity index (χ0v) is 20.5. The SMILES string of the molecule is Cn1c(C(=O)NCC(=O)NC(CC2CCNC2=O)C(=O)C(=O)NC2CCCCC2)cc2ccccc21. The first-order valence-electron chi connectivity index (χ1n) is 12.6. The van der Waals surface area contributed by atoms with Crippen LogP contribution >= 0.6 is 0 Å². The van der Waals surface area contributed by atoms with Crippen LogP contribution in [0.1, 0.15) is 55.4 Å². The molecular formula is C26H33N5O5. The summed E-state index contributed by atoms with van der Waals surface area (Å²) < 4.78 is 1.74. The highest BCUT2D eigenvalue weighted by Crippen LogP contribution is 2.20. The number of aryl methyl sites for hydroxylation is 1. The molecule has 1 aromatic carbocycles. The van der Waals surface area contributed by atoms with Crippen LogP contribution in [-0.2, 0) is 26.2 Å². The lowest BCUT2D eigenvalue weighted by molar-refractivity contribution is -0.141. The van der Waals surface area contributed by atoms with E-state index >= 15 is 0 Å². The average molecular weight is 496 g/mol. The van der Waals surface area contributed by atoms with E-state index < -0.39 is 35.5 Å². The number of nitrogens with zero attached hydrogens (tertiary/aromatic N) is 1. The van der Waals surface area contributed by atoms with Gasteiger partial charge in [-0.3, -0.25) is 24.0 Å². The minimum Gasteiger partial charge on any atom is -0.356 e. The number of nitrogens with one attached hydrogen (secondary N) is 4. The van der Waals surface area contributed by atoms with Crippen LogP contribution in [-0.4, -0.2) is 59.2 Å². The maximum absolute atomic E-state index is 13.0. The van der Waals surface area contributed by atoms with Crippen molar-refractivity contribution in [2.75, 3.05) is 13.1 Å². The van der Waals surface area contributed by atoms with E-state index in [4.69, 9.17) is 0 Å². The smallest absolute Gasteiger partial charge is 0.289 e. The molecule has 1 aliphatic heterocycles. The molecule has 2 fully saturated rings. The summed E-state index contributed by atoms with van der Waals surface area (Å²) in [4.78, 5) is 63.2. The van der Waals surface area contributed by atoms with Gasteiger partial charge in [0.25, 0.3) is 11.8 Å². The summed E-state index contributed by atoms with van der Waals surface area (Å²) in [6.45, 7) is 0.124. The van der Waals surface area contributed by atoms with Crippen molar-refractivity contribution < 1.29 is 24.0 Å². The first kappa shape index (κ1) is 25.4. The molecule has 1 saturated heterocycles. The maximum atomic E-state index is 13.0. The Labute approximate surface area is 209 Å². The predicted molar refractivity (Wildman–Crippen MR) is 133 cm³/mol.